The molecule has 1 N–H and O–H groups in total. The molecule has 4 nitrogen and oxygen atoms in total. The van der Waals surface area contributed by atoms with Crippen molar-refractivity contribution in [2.75, 3.05) is 5.32 Å². The van der Waals surface area contributed by atoms with Crippen molar-refractivity contribution in [3.8, 4) is 0 Å². The molecule has 1 aromatic carbocycles. The summed E-state index contributed by atoms with van der Waals surface area (Å²) in [5.41, 5.74) is 2.75. The zero-order chi connectivity index (χ0) is 13.8. The molecule has 0 saturated heterocycles. The number of rotatable bonds is 4. The summed E-state index contributed by atoms with van der Waals surface area (Å²) in [4.78, 5) is 11.7. The molecular weight excluding hydrogens is 262 g/mol. The lowest BCUT2D eigenvalue weighted by Crippen LogP contribution is -2.21. The Balaban J connectivity index is 2.19. The summed E-state index contributed by atoms with van der Waals surface area (Å²) in [6.07, 6.45) is 2.54. The molecule has 0 radical (unpaired) electrons. The number of hydrogen-bond donors (Lipinski definition) is 1. The Labute approximate surface area is 117 Å². The summed E-state index contributed by atoms with van der Waals surface area (Å²) in [5, 5.41) is 7.29. The Hall–Kier alpha value is -1.81. The maximum atomic E-state index is 11.7. The van der Waals surface area contributed by atoms with E-state index in [1.54, 1.807) is 13.2 Å². The van der Waals surface area contributed by atoms with Crippen LogP contribution in [0.1, 0.15) is 18.1 Å². The van der Waals surface area contributed by atoms with Crippen molar-refractivity contribution in [2.24, 2.45) is 7.05 Å². The van der Waals surface area contributed by atoms with Gasteiger partial charge in [0.15, 0.2) is 0 Å². The first-order valence-electron chi connectivity index (χ1n) is 6.16. The second-order valence-corrected chi connectivity index (χ2v) is 4.65. The van der Waals surface area contributed by atoms with E-state index in [4.69, 9.17) is 11.6 Å². The van der Waals surface area contributed by atoms with Gasteiger partial charge < -0.3 is 5.32 Å². The van der Waals surface area contributed by atoms with Crippen molar-refractivity contribution < 1.29 is 0 Å². The normalized spacial score (nSPS) is 10.5. The van der Waals surface area contributed by atoms with Gasteiger partial charge in [0.2, 0.25) is 0 Å². The van der Waals surface area contributed by atoms with Gasteiger partial charge in [0.25, 0.3) is 5.56 Å². The molecule has 0 unspecified atom stereocenters. The SMILES string of the molecule is CCc1ccccc1CNc1cnn(C)c(=O)c1Cl. The molecule has 2 rings (SSSR count). The largest absolute Gasteiger partial charge is 0.378 e. The van der Waals surface area contributed by atoms with Gasteiger partial charge in [-0.3, -0.25) is 4.79 Å². The minimum atomic E-state index is -0.296. The number of aryl methyl sites for hydroxylation is 2. The Kier molecular flexibility index (Phi) is 4.22. The molecule has 0 amide bonds. The van der Waals surface area contributed by atoms with Crippen LogP contribution in [-0.4, -0.2) is 9.78 Å². The first-order chi connectivity index (χ1) is 9.13. The zero-order valence-corrected chi connectivity index (χ0v) is 11.7. The number of hydrogen-bond acceptors (Lipinski definition) is 3. The van der Waals surface area contributed by atoms with Crippen molar-refractivity contribution in [1.29, 1.82) is 0 Å². The number of benzene rings is 1. The van der Waals surface area contributed by atoms with E-state index in [9.17, 15) is 4.79 Å². The fraction of sp³-hybridized carbons (Fsp3) is 0.286. The molecule has 0 saturated carbocycles. The van der Waals surface area contributed by atoms with Crippen LogP contribution in [0.4, 0.5) is 5.69 Å². The molecule has 0 bridgehead atoms. The summed E-state index contributed by atoms with van der Waals surface area (Å²) in [5.74, 6) is 0. The third-order valence-corrected chi connectivity index (χ3v) is 3.41. The van der Waals surface area contributed by atoms with Crippen LogP contribution < -0.4 is 10.9 Å². The number of nitrogens with one attached hydrogen (secondary N) is 1. The van der Waals surface area contributed by atoms with E-state index in [1.807, 2.05) is 12.1 Å². The van der Waals surface area contributed by atoms with Crippen LogP contribution in [0.3, 0.4) is 0 Å². The van der Waals surface area contributed by atoms with Crippen LogP contribution in [0.2, 0.25) is 5.02 Å². The summed E-state index contributed by atoms with van der Waals surface area (Å²) >= 11 is 6.00. The highest BCUT2D eigenvalue weighted by Crippen LogP contribution is 2.17. The van der Waals surface area contributed by atoms with Gasteiger partial charge in [-0.2, -0.15) is 5.10 Å². The van der Waals surface area contributed by atoms with E-state index in [2.05, 4.69) is 29.5 Å². The molecule has 0 atom stereocenters. The summed E-state index contributed by atoms with van der Waals surface area (Å²) in [6, 6.07) is 8.18. The molecule has 1 aromatic heterocycles. The maximum absolute atomic E-state index is 11.7. The maximum Gasteiger partial charge on any atom is 0.287 e. The zero-order valence-electron chi connectivity index (χ0n) is 11.0. The Morgan fingerprint density at radius 1 is 1.32 bits per heavy atom. The highest BCUT2D eigenvalue weighted by molar-refractivity contribution is 6.32. The molecule has 19 heavy (non-hydrogen) atoms. The molecule has 5 heteroatoms. The van der Waals surface area contributed by atoms with Crippen molar-refractivity contribution in [3.63, 3.8) is 0 Å². The van der Waals surface area contributed by atoms with Crippen molar-refractivity contribution in [2.45, 2.75) is 19.9 Å². The number of nitrogens with zero attached hydrogens (tertiary/aromatic N) is 2. The van der Waals surface area contributed by atoms with Crippen LogP contribution in [0.5, 0.6) is 0 Å². The fourth-order valence-electron chi connectivity index (χ4n) is 1.90. The second-order valence-electron chi connectivity index (χ2n) is 4.28. The van der Waals surface area contributed by atoms with E-state index in [1.165, 1.54) is 15.8 Å². The first kappa shape index (κ1) is 13.6. The van der Waals surface area contributed by atoms with Gasteiger partial charge in [0.1, 0.15) is 5.02 Å². The molecule has 2 aromatic rings. The minimum Gasteiger partial charge on any atom is -0.378 e. The molecule has 100 valence electrons. The average Bonchev–Trinajstić information content (AvgIpc) is 2.44. The minimum absolute atomic E-state index is 0.173. The van der Waals surface area contributed by atoms with Crippen molar-refractivity contribution in [3.05, 3.63) is 57.0 Å². The molecule has 0 aliphatic rings. The number of aromatic nitrogens is 2. The molecule has 0 aliphatic heterocycles. The second kappa shape index (κ2) is 5.89. The lowest BCUT2D eigenvalue weighted by molar-refractivity contribution is 0.708. The first-order valence-corrected chi connectivity index (χ1v) is 6.53. The van der Waals surface area contributed by atoms with Gasteiger partial charge in [-0.25, -0.2) is 4.68 Å². The van der Waals surface area contributed by atoms with E-state index in [-0.39, 0.29) is 10.6 Å². The van der Waals surface area contributed by atoms with Crippen LogP contribution in [0, 0.1) is 0 Å². The van der Waals surface area contributed by atoms with E-state index >= 15 is 0 Å². The number of halogens is 1. The number of anilines is 1. The third kappa shape index (κ3) is 2.96. The Bertz CT molecular complexity index is 637. The highest BCUT2D eigenvalue weighted by atomic mass is 35.5. The Morgan fingerprint density at radius 2 is 2.00 bits per heavy atom. The van der Waals surface area contributed by atoms with Crippen LogP contribution in [0.25, 0.3) is 0 Å². The van der Waals surface area contributed by atoms with Gasteiger partial charge in [0.05, 0.1) is 11.9 Å². The third-order valence-electron chi connectivity index (χ3n) is 3.05. The molecule has 0 fully saturated rings. The molecular formula is C14H16ClN3O. The summed E-state index contributed by atoms with van der Waals surface area (Å²) < 4.78 is 1.22. The van der Waals surface area contributed by atoms with Gasteiger partial charge >= 0.3 is 0 Å². The molecule has 0 aliphatic carbocycles. The quantitative estimate of drug-likeness (QED) is 0.934. The predicted molar refractivity (Wildman–Crippen MR) is 77.6 cm³/mol. The van der Waals surface area contributed by atoms with E-state index < -0.39 is 0 Å². The molecule has 1 heterocycles. The smallest absolute Gasteiger partial charge is 0.287 e. The standard InChI is InChI=1S/C14H16ClN3O/c1-3-10-6-4-5-7-11(10)8-16-12-9-17-18(2)14(19)13(12)15/h4-7,9,16H,3,8H2,1-2H3. The van der Waals surface area contributed by atoms with Gasteiger partial charge in [-0.05, 0) is 17.5 Å². The lowest BCUT2D eigenvalue weighted by Gasteiger charge is -2.11. The van der Waals surface area contributed by atoms with E-state index in [0.29, 0.717) is 12.2 Å². The van der Waals surface area contributed by atoms with Crippen LogP contribution in [-0.2, 0) is 20.0 Å². The highest BCUT2D eigenvalue weighted by Gasteiger charge is 2.07. The van der Waals surface area contributed by atoms with Gasteiger partial charge in [-0.1, -0.05) is 42.8 Å². The fourth-order valence-corrected chi connectivity index (χ4v) is 2.14. The Morgan fingerprint density at radius 3 is 2.68 bits per heavy atom. The monoisotopic (exact) mass is 277 g/mol. The van der Waals surface area contributed by atoms with Gasteiger partial charge in [0, 0.05) is 13.6 Å². The summed E-state index contributed by atoms with van der Waals surface area (Å²) in [7, 11) is 1.57. The van der Waals surface area contributed by atoms with Crippen molar-refractivity contribution >= 4 is 17.3 Å². The van der Waals surface area contributed by atoms with Gasteiger partial charge in [-0.15, -0.1) is 0 Å². The lowest BCUT2D eigenvalue weighted by atomic mass is 10.1. The topological polar surface area (TPSA) is 46.9 Å². The van der Waals surface area contributed by atoms with Crippen LogP contribution >= 0.6 is 11.6 Å². The predicted octanol–water partition coefficient (Wildman–Crippen LogP) is 2.61. The van der Waals surface area contributed by atoms with Crippen molar-refractivity contribution in [1.82, 2.24) is 9.78 Å². The van der Waals surface area contributed by atoms with Crippen LogP contribution in [0.15, 0.2) is 35.3 Å². The average molecular weight is 278 g/mol. The molecule has 0 spiro atoms. The summed E-state index contributed by atoms with van der Waals surface area (Å²) in [6.45, 7) is 2.74. The van der Waals surface area contributed by atoms with E-state index in [0.717, 1.165) is 6.42 Å².